The van der Waals surface area contributed by atoms with Gasteiger partial charge in [-0.25, -0.2) is 4.79 Å². The fraction of sp³-hybridized carbons (Fsp3) is 0.533. The highest BCUT2D eigenvalue weighted by molar-refractivity contribution is 9.10. The third-order valence-corrected chi connectivity index (χ3v) is 3.56. The number of rotatable bonds is 9. The molecule has 112 valence electrons. The predicted molar refractivity (Wildman–Crippen MR) is 81.9 cm³/mol. The lowest BCUT2D eigenvalue weighted by Gasteiger charge is -2.13. The van der Waals surface area contributed by atoms with Crippen LogP contribution in [-0.2, 0) is 0 Å². The first-order valence-electron chi connectivity index (χ1n) is 6.83. The van der Waals surface area contributed by atoms with Crippen LogP contribution in [0.25, 0.3) is 0 Å². The Kier molecular flexibility index (Phi) is 7.44. The largest absolute Gasteiger partial charge is 0.493 e. The molecule has 0 aliphatic rings. The number of unbranched alkanes of at least 4 members (excludes halogenated alkanes) is 4. The SMILES string of the molecule is CCCCCCCOc1c(Br)cc(C(=O)O)cc1OC. The summed E-state index contributed by atoms with van der Waals surface area (Å²) in [6, 6.07) is 3.00. The van der Waals surface area contributed by atoms with Crippen LogP contribution in [0, 0.1) is 0 Å². The van der Waals surface area contributed by atoms with Gasteiger partial charge >= 0.3 is 5.97 Å². The van der Waals surface area contributed by atoms with Gasteiger partial charge in [0.25, 0.3) is 0 Å². The Balaban J connectivity index is 2.62. The van der Waals surface area contributed by atoms with Crippen LogP contribution in [0.1, 0.15) is 49.4 Å². The lowest BCUT2D eigenvalue weighted by molar-refractivity contribution is 0.0696. The van der Waals surface area contributed by atoms with Crippen LogP contribution in [0.2, 0.25) is 0 Å². The number of carboxylic acid groups (broad SMARTS) is 1. The Morgan fingerprint density at radius 3 is 2.55 bits per heavy atom. The minimum absolute atomic E-state index is 0.170. The van der Waals surface area contributed by atoms with E-state index < -0.39 is 5.97 Å². The van der Waals surface area contributed by atoms with Crippen molar-refractivity contribution in [2.24, 2.45) is 0 Å². The number of carbonyl (C=O) groups is 1. The van der Waals surface area contributed by atoms with E-state index in [4.69, 9.17) is 14.6 Å². The van der Waals surface area contributed by atoms with Gasteiger partial charge in [0.1, 0.15) is 0 Å². The summed E-state index contributed by atoms with van der Waals surface area (Å²) in [5, 5.41) is 9.00. The van der Waals surface area contributed by atoms with E-state index in [-0.39, 0.29) is 5.56 Å². The lowest BCUT2D eigenvalue weighted by Crippen LogP contribution is -2.03. The quantitative estimate of drug-likeness (QED) is 0.669. The second-order valence-corrected chi connectivity index (χ2v) is 5.41. The molecule has 0 amide bonds. The van der Waals surface area contributed by atoms with Crippen molar-refractivity contribution in [1.82, 2.24) is 0 Å². The molecule has 5 heteroatoms. The Hall–Kier alpha value is -1.23. The van der Waals surface area contributed by atoms with E-state index in [1.807, 2.05) is 0 Å². The molecule has 4 nitrogen and oxygen atoms in total. The van der Waals surface area contributed by atoms with Gasteiger partial charge < -0.3 is 14.6 Å². The van der Waals surface area contributed by atoms with Gasteiger partial charge in [-0.15, -0.1) is 0 Å². The number of hydrogen-bond donors (Lipinski definition) is 1. The molecule has 0 saturated carbocycles. The Bertz CT molecular complexity index is 446. The molecular weight excluding hydrogens is 324 g/mol. The molecule has 0 radical (unpaired) electrons. The van der Waals surface area contributed by atoms with E-state index in [0.717, 1.165) is 12.8 Å². The average molecular weight is 345 g/mol. The van der Waals surface area contributed by atoms with Gasteiger partial charge in [-0.05, 0) is 34.5 Å². The number of hydrogen-bond acceptors (Lipinski definition) is 3. The molecule has 0 fully saturated rings. The first kappa shape index (κ1) is 16.8. The number of ether oxygens (including phenoxy) is 2. The number of methoxy groups -OCH3 is 1. The second-order valence-electron chi connectivity index (χ2n) is 4.56. The van der Waals surface area contributed by atoms with Crippen molar-refractivity contribution in [2.75, 3.05) is 13.7 Å². The maximum atomic E-state index is 11.0. The minimum Gasteiger partial charge on any atom is -0.493 e. The number of benzene rings is 1. The molecule has 0 bridgehead atoms. The minimum atomic E-state index is -0.991. The fourth-order valence-electron chi connectivity index (χ4n) is 1.86. The fourth-order valence-corrected chi connectivity index (χ4v) is 2.42. The van der Waals surface area contributed by atoms with E-state index in [1.165, 1.54) is 38.5 Å². The summed E-state index contributed by atoms with van der Waals surface area (Å²) in [6.07, 6.45) is 5.81. The van der Waals surface area contributed by atoms with Crippen LogP contribution in [0.15, 0.2) is 16.6 Å². The van der Waals surface area contributed by atoms with Crippen molar-refractivity contribution in [2.45, 2.75) is 39.0 Å². The zero-order chi connectivity index (χ0) is 15.0. The maximum absolute atomic E-state index is 11.0. The van der Waals surface area contributed by atoms with E-state index in [0.29, 0.717) is 22.6 Å². The van der Waals surface area contributed by atoms with Crippen molar-refractivity contribution in [3.05, 3.63) is 22.2 Å². The smallest absolute Gasteiger partial charge is 0.335 e. The third-order valence-electron chi connectivity index (χ3n) is 2.97. The number of aromatic carboxylic acids is 1. The van der Waals surface area contributed by atoms with Crippen LogP contribution in [-0.4, -0.2) is 24.8 Å². The summed E-state index contributed by atoms with van der Waals surface area (Å²) in [4.78, 5) is 11.0. The molecule has 0 spiro atoms. The molecule has 0 aliphatic carbocycles. The van der Waals surface area contributed by atoms with Crippen LogP contribution in [0.5, 0.6) is 11.5 Å². The highest BCUT2D eigenvalue weighted by Gasteiger charge is 2.14. The van der Waals surface area contributed by atoms with Gasteiger partial charge in [-0.3, -0.25) is 0 Å². The summed E-state index contributed by atoms with van der Waals surface area (Å²) in [6.45, 7) is 2.79. The van der Waals surface area contributed by atoms with E-state index >= 15 is 0 Å². The maximum Gasteiger partial charge on any atom is 0.335 e. The first-order chi connectivity index (χ1) is 9.60. The third kappa shape index (κ3) is 5.04. The molecule has 0 unspecified atom stereocenters. The van der Waals surface area contributed by atoms with Crippen LogP contribution >= 0.6 is 15.9 Å². The summed E-state index contributed by atoms with van der Waals surface area (Å²) < 4.78 is 11.5. The highest BCUT2D eigenvalue weighted by Crippen LogP contribution is 2.36. The number of halogens is 1. The van der Waals surface area contributed by atoms with Crippen molar-refractivity contribution < 1.29 is 19.4 Å². The van der Waals surface area contributed by atoms with Crippen molar-refractivity contribution >= 4 is 21.9 Å². The summed E-state index contributed by atoms with van der Waals surface area (Å²) in [5.74, 6) is 0.00782. The molecule has 1 aromatic rings. The zero-order valence-electron chi connectivity index (χ0n) is 11.9. The standard InChI is InChI=1S/C15H21BrO4/c1-3-4-5-6-7-8-20-14-12(16)9-11(15(17)18)10-13(14)19-2/h9-10H,3-8H2,1-2H3,(H,17,18). The van der Waals surface area contributed by atoms with E-state index in [9.17, 15) is 4.79 Å². The second kappa shape index (κ2) is 8.84. The molecule has 0 saturated heterocycles. The predicted octanol–water partition coefficient (Wildman–Crippen LogP) is 4.51. The summed E-state index contributed by atoms with van der Waals surface area (Å²) >= 11 is 3.33. The molecule has 0 heterocycles. The zero-order valence-corrected chi connectivity index (χ0v) is 13.5. The summed E-state index contributed by atoms with van der Waals surface area (Å²) in [5.41, 5.74) is 0.170. The Morgan fingerprint density at radius 1 is 1.25 bits per heavy atom. The van der Waals surface area contributed by atoms with E-state index in [1.54, 1.807) is 0 Å². The Morgan fingerprint density at radius 2 is 1.95 bits per heavy atom. The molecule has 0 aromatic heterocycles. The van der Waals surface area contributed by atoms with Gasteiger partial charge in [-0.1, -0.05) is 32.6 Å². The molecule has 1 aromatic carbocycles. The molecule has 1 rings (SSSR count). The average Bonchev–Trinajstić information content (AvgIpc) is 2.43. The molecule has 0 atom stereocenters. The van der Waals surface area contributed by atoms with Crippen LogP contribution in [0.3, 0.4) is 0 Å². The first-order valence-corrected chi connectivity index (χ1v) is 7.63. The highest BCUT2D eigenvalue weighted by atomic mass is 79.9. The normalized spacial score (nSPS) is 10.3. The summed E-state index contributed by atoms with van der Waals surface area (Å²) in [7, 11) is 1.50. The van der Waals surface area contributed by atoms with Gasteiger partial charge in [0, 0.05) is 0 Å². The topological polar surface area (TPSA) is 55.8 Å². The van der Waals surface area contributed by atoms with Crippen LogP contribution in [0.4, 0.5) is 0 Å². The molecule has 0 aliphatic heterocycles. The van der Waals surface area contributed by atoms with Gasteiger partial charge in [0.15, 0.2) is 11.5 Å². The van der Waals surface area contributed by atoms with E-state index in [2.05, 4.69) is 22.9 Å². The van der Waals surface area contributed by atoms with Gasteiger partial charge in [0.2, 0.25) is 0 Å². The number of carboxylic acids is 1. The monoisotopic (exact) mass is 344 g/mol. The lowest BCUT2D eigenvalue weighted by atomic mass is 10.1. The van der Waals surface area contributed by atoms with Crippen molar-refractivity contribution in [1.29, 1.82) is 0 Å². The van der Waals surface area contributed by atoms with Gasteiger partial charge in [0.05, 0.1) is 23.8 Å². The Labute approximate surface area is 128 Å². The molecular formula is C15H21BrO4. The van der Waals surface area contributed by atoms with Crippen LogP contribution < -0.4 is 9.47 Å². The van der Waals surface area contributed by atoms with Crippen molar-refractivity contribution in [3.63, 3.8) is 0 Å². The van der Waals surface area contributed by atoms with Gasteiger partial charge in [-0.2, -0.15) is 0 Å². The molecule has 20 heavy (non-hydrogen) atoms. The molecule has 1 N–H and O–H groups in total. The van der Waals surface area contributed by atoms with Crippen molar-refractivity contribution in [3.8, 4) is 11.5 Å².